The lowest BCUT2D eigenvalue weighted by Gasteiger charge is -2.40. The Morgan fingerprint density at radius 2 is 1.77 bits per heavy atom. The largest absolute Gasteiger partial charge is 0.484 e. The molecule has 1 atom stereocenters. The minimum Gasteiger partial charge on any atom is -0.484 e. The van der Waals surface area contributed by atoms with Gasteiger partial charge in [-0.2, -0.15) is 9.97 Å². The number of carbonyl (C=O) groups excluding carboxylic acids is 1. The molecule has 43 heavy (non-hydrogen) atoms. The molecule has 0 aromatic carbocycles. The lowest BCUT2D eigenvalue weighted by Crippen LogP contribution is -2.48. The van der Waals surface area contributed by atoms with Gasteiger partial charge < -0.3 is 34.2 Å². The maximum absolute atomic E-state index is 13.3. The molecule has 0 saturated heterocycles. The number of nitrogens with zero attached hydrogens (tertiary/aromatic N) is 4. The van der Waals surface area contributed by atoms with Crippen LogP contribution < -0.4 is 20.1 Å². The van der Waals surface area contributed by atoms with Crippen molar-refractivity contribution in [1.29, 1.82) is 0 Å². The molecule has 0 fully saturated rings. The summed E-state index contributed by atoms with van der Waals surface area (Å²) in [5.41, 5.74) is 2.95. The highest BCUT2D eigenvalue weighted by Crippen LogP contribution is 2.45. The molecule has 2 aliphatic rings. The van der Waals surface area contributed by atoms with Crippen LogP contribution >= 0.6 is 0 Å². The standard InChI is InChI=1S/C31H48N6O5Si/c1-19-16-23(32-9)34-28(33-19)36-26-20(2)24(25-27(35-26)40-15-14-39-25)21-12-13-37(29(38)41-30(3,4)5)18-22(17-21)42-43(10,11)31(6,7)8/h12,16,22H,13-15,17-18H2,1-11H3,(H2,32,33,34,35,36). The monoisotopic (exact) mass is 612 g/mol. The lowest BCUT2D eigenvalue weighted by molar-refractivity contribution is 0.0196. The van der Waals surface area contributed by atoms with Gasteiger partial charge in [0.2, 0.25) is 5.95 Å². The third-order valence-corrected chi connectivity index (χ3v) is 12.5. The van der Waals surface area contributed by atoms with Crippen molar-refractivity contribution < 1.29 is 23.4 Å². The second kappa shape index (κ2) is 12.3. The van der Waals surface area contributed by atoms with E-state index in [1.165, 1.54) is 0 Å². The average molecular weight is 613 g/mol. The number of nitrogens with one attached hydrogen (secondary N) is 2. The topological polar surface area (TPSA) is 120 Å². The molecule has 1 amide bonds. The number of ether oxygens (including phenoxy) is 3. The van der Waals surface area contributed by atoms with E-state index in [1.807, 2.05) is 47.7 Å². The van der Waals surface area contributed by atoms with Crippen LogP contribution in [0.5, 0.6) is 11.6 Å². The summed E-state index contributed by atoms with van der Waals surface area (Å²) in [5.74, 6) is 2.70. The predicted octanol–water partition coefficient (Wildman–Crippen LogP) is 6.46. The Kier molecular flexibility index (Phi) is 9.31. The highest BCUT2D eigenvalue weighted by atomic mass is 28.4. The third kappa shape index (κ3) is 7.77. The number of hydrogen-bond acceptors (Lipinski definition) is 10. The van der Waals surface area contributed by atoms with Gasteiger partial charge in [0.15, 0.2) is 14.1 Å². The normalized spacial score (nSPS) is 17.6. The number of aromatic nitrogens is 3. The van der Waals surface area contributed by atoms with E-state index >= 15 is 0 Å². The average Bonchev–Trinajstić information content (AvgIpc) is 3.09. The van der Waals surface area contributed by atoms with Gasteiger partial charge >= 0.3 is 6.09 Å². The molecule has 2 aromatic rings. The fourth-order valence-electron chi connectivity index (χ4n) is 4.80. The first-order valence-corrected chi connectivity index (χ1v) is 17.8. The summed E-state index contributed by atoms with van der Waals surface area (Å²) in [7, 11) is -0.366. The Balaban J connectivity index is 1.79. The Bertz CT molecular complexity index is 1380. The van der Waals surface area contributed by atoms with Crippen LogP contribution in [0.2, 0.25) is 18.1 Å². The smallest absolute Gasteiger partial charge is 0.410 e. The molecule has 0 bridgehead atoms. The molecule has 2 N–H and O–H groups in total. The van der Waals surface area contributed by atoms with Crippen LogP contribution in [0.3, 0.4) is 0 Å². The Hall–Kier alpha value is -3.38. The molecule has 0 saturated carbocycles. The summed E-state index contributed by atoms with van der Waals surface area (Å²) in [6.07, 6.45) is 2.05. The third-order valence-electron chi connectivity index (χ3n) is 7.94. The van der Waals surface area contributed by atoms with Crippen molar-refractivity contribution in [2.75, 3.05) is 44.0 Å². The molecule has 236 valence electrons. The van der Waals surface area contributed by atoms with E-state index in [0.717, 1.165) is 22.4 Å². The van der Waals surface area contributed by atoms with E-state index < -0.39 is 13.9 Å². The van der Waals surface area contributed by atoms with Gasteiger partial charge in [-0.25, -0.2) is 9.78 Å². The first kappa shape index (κ1) is 32.5. The van der Waals surface area contributed by atoms with E-state index in [2.05, 4.69) is 60.5 Å². The van der Waals surface area contributed by atoms with Crippen molar-refractivity contribution in [2.24, 2.45) is 0 Å². The molecule has 4 rings (SSSR count). The van der Waals surface area contributed by atoms with Crippen LogP contribution in [0.1, 0.15) is 64.8 Å². The molecule has 0 spiro atoms. The first-order chi connectivity index (χ1) is 20.0. The van der Waals surface area contributed by atoms with Gasteiger partial charge in [-0.3, -0.25) is 0 Å². The number of aryl methyl sites for hydroxylation is 1. The number of rotatable bonds is 6. The van der Waals surface area contributed by atoms with Crippen LogP contribution in [0.25, 0.3) is 5.57 Å². The summed E-state index contributed by atoms with van der Waals surface area (Å²) >= 11 is 0. The van der Waals surface area contributed by atoms with Gasteiger partial charge in [0.05, 0.1) is 6.10 Å². The van der Waals surface area contributed by atoms with Crippen molar-refractivity contribution in [2.45, 2.75) is 91.6 Å². The van der Waals surface area contributed by atoms with Crippen molar-refractivity contribution in [1.82, 2.24) is 19.9 Å². The van der Waals surface area contributed by atoms with E-state index in [1.54, 1.807) is 4.90 Å². The zero-order valence-corrected chi connectivity index (χ0v) is 28.6. The zero-order valence-electron chi connectivity index (χ0n) is 27.6. The number of amides is 1. The summed E-state index contributed by atoms with van der Waals surface area (Å²) in [5, 5.41) is 6.38. The highest BCUT2D eigenvalue weighted by molar-refractivity contribution is 6.74. The minimum atomic E-state index is -2.18. The van der Waals surface area contributed by atoms with E-state index in [9.17, 15) is 4.79 Å². The van der Waals surface area contributed by atoms with Crippen LogP contribution in [0.4, 0.5) is 22.4 Å². The first-order valence-electron chi connectivity index (χ1n) is 14.9. The van der Waals surface area contributed by atoms with Crippen molar-refractivity contribution in [3.8, 4) is 11.6 Å². The molecule has 12 heteroatoms. The molecular formula is C31H48N6O5Si. The Labute approximate surface area is 256 Å². The van der Waals surface area contributed by atoms with Gasteiger partial charge in [0.25, 0.3) is 5.88 Å². The highest BCUT2D eigenvalue weighted by Gasteiger charge is 2.41. The second-order valence-corrected chi connectivity index (χ2v) is 18.5. The zero-order chi connectivity index (χ0) is 31.7. The fourth-order valence-corrected chi connectivity index (χ4v) is 6.14. The molecule has 11 nitrogen and oxygen atoms in total. The number of pyridine rings is 1. The summed E-state index contributed by atoms with van der Waals surface area (Å²) in [6, 6.07) is 1.87. The number of anilines is 3. The van der Waals surface area contributed by atoms with Crippen LogP contribution in [0.15, 0.2) is 12.1 Å². The van der Waals surface area contributed by atoms with E-state index in [4.69, 9.17) is 23.6 Å². The van der Waals surface area contributed by atoms with Crippen LogP contribution in [-0.4, -0.2) is 79.3 Å². The summed E-state index contributed by atoms with van der Waals surface area (Å²) in [6.45, 7) is 22.3. The van der Waals surface area contributed by atoms with Crippen molar-refractivity contribution in [3.63, 3.8) is 0 Å². The maximum Gasteiger partial charge on any atom is 0.410 e. The van der Waals surface area contributed by atoms with Gasteiger partial charge in [0, 0.05) is 43.0 Å². The van der Waals surface area contributed by atoms with E-state index in [0.29, 0.717) is 61.9 Å². The summed E-state index contributed by atoms with van der Waals surface area (Å²) in [4.78, 5) is 28.9. The number of fused-ring (bicyclic) bond motifs is 1. The molecule has 2 aromatic heterocycles. The number of hydrogen-bond donors (Lipinski definition) is 2. The molecule has 2 aliphatic heterocycles. The van der Waals surface area contributed by atoms with Crippen molar-refractivity contribution >= 4 is 37.6 Å². The fraction of sp³-hybridized carbons (Fsp3) is 0.613. The van der Waals surface area contributed by atoms with Gasteiger partial charge in [-0.05, 0) is 64.7 Å². The molecular weight excluding hydrogens is 564 g/mol. The SMILES string of the molecule is CNc1cc(C)nc(Nc2nc3c(c(C4=CCN(C(=O)OC(C)(C)C)CC(O[Si](C)(C)C(C)(C)C)C4)c2C)OCCO3)n1. The number of carbonyl (C=O) groups is 1. The Morgan fingerprint density at radius 1 is 1.07 bits per heavy atom. The minimum absolute atomic E-state index is 0.000265. The predicted molar refractivity (Wildman–Crippen MR) is 172 cm³/mol. The Morgan fingerprint density at radius 3 is 2.42 bits per heavy atom. The van der Waals surface area contributed by atoms with E-state index in [-0.39, 0.29) is 17.2 Å². The molecule has 4 heterocycles. The van der Waals surface area contributed by atoms with Crippen molar-refractivity contribution in [3.05, 3.63) is 29.0 Å². The summed E-state index contributed by atoms with van der Waals surface area (Å²) < 4.78 is 24.9. The molecule has 0 aliphatic carbocycles. The molecule has 1 unspecified atom stereocenters. The van der Waals surface area contributed by atoms with Crippen LogP contribution in [-0.2, 0) is 9.16 Å². The lowest BCUT2D eigenvalue weighted by atomic mass is 9.95. The maximum atomic E-state index is 13.3. The quantitative estimate of drug-likeness (QED) is 0.352. The van der Waals surface area contributed by atoms with Gasteiger partial charge in [0.1, 0.15) is 30.5 Å². The van der Waals surface area contributed by atoms with Crippen LogP contribution in [0, 0.1) is 13.8 Å². The second-order valence-electron chi connectivity index (χ2n) is 13.7. The van der Waals surface area contributed by atoms with Gasteiger partial charge in [-0.1, -0.05) is 26.8 Å². The molecule has 0 radical (unpaired) electrons. The van der Waals surface area contributed by atoms with Gasteiger partial charge in [-0.15, -0.1) is 0 Å².